The van der Waals surface area contributed by atoms with E-state index in [0.29, 0.717) is 5.69 Å². The molecule has 1 aromatic carbocycles. The van der Waals surface area contributed by atoms with Gasteiger partial charge in [0.15, 0.2) is 0 Å². The predicted octanol–water partition coefficient (Wildman–Crippen LogP) is 3.28. The van der Waals surface area contributed by atoms with E-state index in [2.05, 4.69) is 10.3 Å². The van der Waals surface area contributed by atoms with Gasteiger partial charge < -0.3 is 5.32 Å². The van der Waals surface area contributed by atoms with Crippen molar-refractivity contribution in [2.75, 3.05) is 5.32 Å². The van der Waals surface area contributed by atoms with Crippen LogP contribution in [0.1, 0.15) is 17.0 Å². The summed E-state index contributed by atoms with van der Waals surface area (Å²) in [7, 11) is 0. The molecule has 0 aliphatic heterocycles. The average Bonchev–Trinajstić information content (AvgIpc) is 2.70. The minimum atomic E-state index is -0.300. The van der Waals surface area contributed by atoms with Crippen LogP contribution < -0.4 is 5.32 Å². The van der Waals surface area contributed by atoms with Gasteiger partial charge in [-0.25, -0.2) is 4.98 Å². The zero-order chi connectivity index (χ0) is 13.8. The summed E-state index contributed by atoms with van der Waals surface area (Å²) in [6.07, 6.45) is -0.139. The molecule has 0 saturated heterocycles. The molecule has 2 rings (SSSR count). The highest BCUT2D eigenvalue weighted by atomic mass is 32.1. The van der Waals surface area contributed by atoms with Gasteiger partial charge in [-0.3, -0.25) is 4.79 Å². The van der Waals surface area contributed by atoms with Crippen molar-refractivity contribution in [2.45, 2.75) is 20.3 Å². The van der Waals surface area contributed by atoms with Crippen LogP contribution in [0.4, 0.5) is 5.69 Å². The van der Waals surface area contributed by atoms with Crippen LogP contribution in [-0.2, 0) is 4.79 Å². The Morgan fingerprint density at radius 2 is 2.26 bits per heavy atom. The van der Waals surface area contributed by atoms with Crippen molar-refractivity contribution >= 4 is 22.9 Å². The fraction of sp³-hybridized carbons (Fsp3) is 0.214. The van der Waals surface area contributed by atoms with E-state index in [0.717, 1.165) is 16.3 Å². The second-order valence-electron chi connectivity index (χ2n) is 4.12. The third-order valence-electron chi connectivity index (χ3n) is 2.66. The van der Waals surface area contributed by atoms with Crippen LogP contribution in [0.15, 0.2) is 24.3 Å². The van der Waals surface area contributed by atoms with E-state index in [9.17, 15) is 4.79 Å². The molecule has 1 N–H and O–H groups in total. The number of nitrogens with zero attached hydrogens (tertiary/aromatic N) is 2. The number of hydrogen-bond acceptors (Lipinski definition) is 4. The van der Waals surface area contributed by atoms with E-state index in [1.54, 1.807) is 17.4 Å². The predicted molar refractivity (Wildman–Crippen MR) is 75.9 cm³/mol. The highest BCUT2D eigenvalue weighted by Gasteiger charge is 2.08. The number of aromatic nitrogens is 1. The number of amides is 1. The molecule has 1 heterocycles. The number of nitriles is 1. The van der Waals surface area contributed by atoms with E-state index in [1.165, 1.54) is 4.88 Å². The number of nitrogens with one attached hydrogen (secondary N) is 1. The van der Waals surface area contributed by atoms with Gasteiger partial charge in [-0.15, -0.1) is 11.3 Å². The molecule has 0 spiro atoms. The zero-order valence-electron chi connectivity index (χ0n) is 10.7. The topological polar surface area (TPSA) is 65.8 Å². The summed E-state index contributed by atoms with van der Waals surface area (Å²) in [6, 6.07) is 9.31. The first-order chi connectivity index (χ1) is 9.10. The van der Waals surface area contributed by atoms with Gasteiger partial charge in [0.25, 0.3) is 0 Å². The third kappa shape index (κ3) is 3.18. The average molecular weight is 271 g/mol. The maximum atomic E-state index is 11.4. The summed E-state index contributed by atoms with van der Waals surface area (Å²) in [6.45, 7) is 4.02. The van der Waals surface area contributed by atoms with Crippen molar-refractivity contribution in [3.63, 3.8) is 0 Å². The number of hydrogen-bond donors (Lipinski definition) is 1. The SMILES string of the molecule is Cc1nc(-c2cccc(NC(=O)CC#N)c2)sc1C. The minimum Gasteiger partial charge on any atom is -0.325 e. The molecular weight excluding hydrogens is 258 g/mol. The van der Waals surface area contributed by atoms with Crippen molar-refractivity contribution < 1.29 is 4.79 Å². The zero-order valence-corrected chi connectivity index (χ0v) is 11.5. The Labute approximate surface area is 115 Å². The molecule has 0 aliphatic carbocycles. The Kier molecular flexibility index (Phi) is 3.93. The summed E-state index contributed by atoms with van der Waals surface area (Å²) in [4.78, 5) is 17.1. The van der Waals surface area contributed by atoms with Crippen molar-refractivity contribution in [1.29, 1.82) is 5.26 Å². The van der Waals surface area contributed by atoms with Gasteiger partial charge in [-0.1, -0.05) is 12.1 Å². The highest BCUT2D eigenvalue weighted by molar-refractivity contribution is 7.15. The van der Waals surface area contributed by atoms with Crippen LogP contribution in [-0.4, -0.2) is 10.9 Å². The van der Waals surface area contributed by atoms with Crippen molar-refractivity contribution in [3.8, 4) is 16.6 Å². The van der Waals surface area contributed by atoms with Crippen LogP contribution >= 0.6 is 11.3 Å². The number of carbonyl (C=O) groups excluding carboxylic acids is 1. The quantitative estimate of drug-likeness (QED) is 0.931. The largest absolute Gasteiger partial charge is 0.325 e. The molecule has 0 atom stereocenters. The van der Waals surface area contributed by atoms with E-state index in [1.807, 2.05) is 38.1 Å². The van der Waals surface area contributed by atoms with Gasteiger partial charge in [0.2, 0.25) is 5.91 Å². The number of anilines is 1. The Balaban J connectivity index is 2.24. The lowest BCUT2D eigenvalue weighted by Gasteiger charge is -2.04. The number of rotatable bonds is 3. The van der Waals surface area contributed by atoms with Gasteiger partial charge >= 0.3 is 0 Å². The molecule has 2 aromatic rings. The summed E-state index contributed by atoms with van der Waals surface area (Å²) in [5, 5.41) is 12.1. The van der Waals surface area contributed by atoms with E-state index in [4.69, 9.17) is 5.26 Å². The normalized spacial score (nSPS) is 9.95. The molecule has 19 heavy (non-hydrogen) atoms. The number of aryl methyl sites for hydroxylation is 2. The third-order valence-corrected chi connectivity index (χ3v) is 3.78. The summed E-state index contributed by atoms with van der Waals surface area (Å²) >= 11 is 1.63. The molecule has 1 aromatic heterocycles. The molecule has 0 saturated carbocycles. The Morgan fingerprint density at radius 3 is 2.89 bits per heavy atom. The summed E-state index contributed by atoms with van der Waals surface area (Å²) < 4.78 is 0. The lowest BCUT2D eigenvalue weighted by Crippen LogP contribution is -2.09. The molecule has 0 unspecified atom stereocenters. The van der Waals surface area contributed by atoms with Crippen LogP contribution in [0, 0.1) is 25.2 Å². The molecule has 0 radical (unpaired) electrons. The van der Waals surface area contributed by atoms with Crippen LogP contribution in [0.25, 0.3) is 10.6 Å². The molecule has 5 heteroatoms. The molecule has 0 fully saturated rings. The maximum absolute atomic E-state index is 11.4. The highest BCUT2D eigenvalue weighted by Crippen LogP contribution is 2.28. The molecule has 0 aliphatic rings. The monoisotopic (exact) mass is 271 g/mol. The first-order valence-electron chi connectivity index (χ1n) is 5.81. The second-order valence-corrected chi connectivity index (χ2v) is 5.33. The standard InChI is InChI=1S/C14H13N3OS/c1-9-10(2)19-14(16-9)11-4-3-5-12(8-11)17-13(18)6-7-15/h3-5,8H,6H2,1-2H3,(H,17,18). The lowest BCUT2D eigenvalue weighted by atomic mass is 10.2. The molecule has 96 valence electrons. The van der Waals surface area contributed by atoms with E-state index in [-0.39, 0.29) is 12.3 Å². The molecule has 0 bridgehead atoms. The first kappa shape index (κ1) is 13.2. The lowest BCUT2D eigenvalue weighted by molar-refractivity contribution is -0.115. The fourth-order valence-electron chi connectivity index (χ4n) is 1.60. The van der Waals surface area contributed by atoms with E-state index < -0.39 is 0 Å². The Hall–Kier alpha value is -2.19. The number of carbonyl (C=O) groups is 1. The first-order valence-corrected chi connectivity index (χ1v) is 6.63. The van der Waals surface area contributed by atoms with Crippen LogP contribution in [0.5, 0.6) is 0 Å². The Bertz CT molecular complexity index is 635. The van der Waals surface area contributed by atoms with Gasteiger partial charge in [-0.2, -0.15) is 5.26 Å². The van der Waals surface area contributed by atoms with Gasteiger partial charge in [-0.05, 0) is 26.0 Å². The maximum Gasteiger partial charge on any atom is 0.238 e. The summed E-state index contributed by atoms with van der Waals surface area (Å²) in [5.74, 6) is -0.300. The molecular formula is C14H13N3OS. The van der Waals surface area contributed by atoms with Gasteiger partial charge in [0, 0.05) is 16.1 Å². The molecule has 1 amide bonds. The second kappa shape index (κ2) is 5.63. The van der Waals surface area contributed by atoms with Crippen molar-refractivity contribution in [3.05, 3.63) is 34.8 Å². The summed E-state index contributed by atoms with van der Waals surface area (Å²) in [5.41, 5.74) is 2.68. The van der Waals surface area contributed by atoms with Crippen LogP contribution in [0.2, 0.25) is 0 Å². The van der Waals surface area contributed by atoms with Crippen molar-refractivity contribution in [1.82, 2.24) is 4.98 Å². The smallest absolute Gasteiger partial charge is 0.238 e. The van der Waals surface area contributed by atoms with Gasteiger partial charge in [0.1, 0.15) is 11.4 Å². The Morgan fingerprint density at radius 1 is 1.47 bits per heavy atom. The van der Waals surface area contributed by atoms with Gasteiger partial charge in [0.05, 0.1) is 11.8 Å². The number of benzene rings is 1. The van der Waals surface area contributed by atoms with Crippen molar-refractivity contribution in [2.24, 2.45) is 0 Å². The van der Waals surface area contributed by atoms with Crippen LogP contribution in [0.3, 0.4) is 0 Å². The molecule has 4 nitrogen and oxygen atoms in total. The van der Waals surface area contributed by atoms with E-state index >= 15 is 0 Å². The number of thiazole rings is 1. The minimum absolute atomic E-state index is 0.139. The fourth-order valence-corrected chi connectivity index (χ4v) is 2.51.